The Morgan fingerprint density at radius 2 is 2.20 bits per heavy atom. The molecule has 1 aromatic rings. The average Bonchev–Trinajstić information content (AvgIpc) is 2.70. The lowest BCUT2D eigenvalue weighted by Gasteiger charge is -2.37. The van der Waals surface area contributed by atoms with Crippen LogP contribution in [0.3, 0.4) is 0 Å². The maximum atomic E-state index is 12.7. The molecule has 0 aromatic carbocycles. The highest BCUT2D eigenvalue weighted by Crippen LogP contribution is 2.35. The Hall–Kier alpha value is 0.340. The van der Waals surface area contributed by atoms with Crippen LogP contribution in [0, 0.1) is 12.8 Å². The molecule has 1 saturated heterocycles. The number of hydrogen-bond acceptors (Lipinski definition) is 4. The Labute approximate surface area is 139 Å². The number of aryl methyl sites for hydroxylation is 1. The standard InChI is InChI=1S/C12H19BrN2O2S2.ClH/c1-8-4-3-5-15(10(8)7-14)19(16,17)11-6-9(2)12(13)18-11;/h6,8,10H,3-5,7,14H2,1-2H3;1H. The van der Waals surface area contributed by atoms with Crippen LogP contribution in [0.1, 0.15) is 25.3 Å². The summed E-state index contributed by atoms with van der Waals surface area (Å²) in [7, 11) is -3.42. The van der Waals surface area contributed by atoms with Crippen molar-refractivity contribution in [1.82, 2.24) is 4.31 Å². The Morgan fingerprint density at radius 1 is 1.55 bits per heavy atom. The first kappa shape index (κ1) is 18.4. The highest BCUT2D eigenvalue weighted by Gasteiger charge is 2.37. The van der Waals surface area contributed by atoms with Gasteiger partial charge in [0.25, 0.3) is 10.0 Å². The first-order valence-corrected chi connectivity index (χ1v) is 9.40. The van der Waals surface area contributed by atoms with Gasteiger partial charge in [-0.05, 0) is 53.2 Å². The molecule has 116 valence electrons. The van der Waals surface area contributed by atoms with Crippen molar-refractivity contribution in [2.75, 3.05) is 13.1 Å². The summed E-state index contributed by atoms with van der Waals surface area (Å²) in [5.74, 6) is 0.318. The number of piperidine rings is 1. The van der Waals surface area contributed by atoms with Crippen molar-refractivity contribution >= 4 is 49.7 Å². The van der Waals surface area contributed by atoms with Crippen molar-refractivity contribution in [3.63, 3.8) is 0 Å². The van der Waals surface area contributed by atoms with E-state index < -0.39 is 10.0 Å². The van der Waals surface area contributed by atoms with E-state index in [1.165, 1.54) is 11.3 Å². The maximum Gasteiger partial charge on any atom is 0.252 e. The molecule has 1 aliphatic rings. The minimum absolute atomic E-state index is 0. The largest absolute Gasteiger partial charge is 0.329 e. The molecule has 8 heteroatoms. The summed E-state index contributed by atoms with van der Waals surface area (Å²) >= 11 is 4.66. The number of rotatable bonds is 3. The van der Waals surface area contributed by atoms with Crippen molar-refractivity contribution in [2.24, 2.45) is 11.7 Å². The van der Waals surface area contributed by atoms with Crippen molar-refractivity contribution < 1.29 is 8.42 Å². The van der Waals surface area contributed by atoms with Gasteiger partial charge in [-0.15, -0.1) is 23.7 Å². The summed E-state index contributed by atoms with van der Waals surface area (Å²) in [6, 6.07) is 1.65. The van der Waals surface area contributed by atoms with E-state index in [9.17, 15) is 8.42 Å². The molecule has 0 amide bonds. The lowest BCUT2D eigenvalue weighted by atomic mass is 9.93. The van der Waals surface area contributed by atoms with Gasteiger partial charge in [0.05, 0.1) is 3.79 Å². The molecule has 1 aliphatic heterocycles. The Balaban J connectivity index is 0.00000200. The van der Waals surface area contributed by atoms with E-state index in [4.69, 9.17) is 5.73 Å². The maximum absolute atomic E-state index is 12.7. The van der Waals surface area contributed by atoms with Gasteiger partial charge in [0.1, 0.15) is 4.21 Å². The highest BCUT2D eigenvalue weighted by molar-refractivity contribution is 9.11. The normalized spacial score (nSPS) is 24.4. The topological polar surface area (TPSA) is 63.4 Å². The van der Waals surface area contributed by atoms with Gasteiger partial charge in [0.2, 0.25) is 0 Å². The fraction of sp³-hybridized carbons (Fsp3) is 0.667. The molecule has 0 saturated carbocycles. The third kappa shape index (κ3) is 3.39. The quantitative estimate of drug-likeness (QED) is 0.844. The zero-order valence-electron chi connectivity index (χ0n) is 11.5. The summed E-state index contributed by atoms with van der Waals surface area (Å²) in [4.78, 5) is 0. The summed E-state index contributed by atoms with van der Waals surface area (Å²) in [5.41, 5.74) is 6.74. The SMILES string of the molecule is Cc1cc(S(=O)(=O)N2CCCC(C)C2CN)sc1Br.Cl. The van der Waals surface area contributed by atoms with E-state index in [0.29, 0.717) is 23.2 Å². The Bertz CT molecular complexity index is 542. The van der Waals surface area contributed by atoms with Gasteiger partial charge in [0.15, 0.2) is 0 Å². The lowest BCUT2D eigenvalue weighted by Crippen LogP contribution is -2.51. The molecular formula is C12H20BrClN2O2S2. The van der Waals surface area contributed by atoms with Crippen LogP contribution in [-0.4, -0.2) is 31.9 Å². The van der Waals surface area contributed by atoms with Gasteiger partial charge in [-0.2, -0.15) is 4.31 Å². The van der Waals surface area contributed by atoms with Gasteiger partial charge >= 0.3 is 0 Å². The number of nitrogens with zero attached hydrogens (tertiary/aromatic N) is 1. The van der Waals surface area contributed by atoms with Gasteiger partial charge in [-0.25, -0.2) is 8.42 Å². The van der Waals surface area contributed by atoms with Crippen LogP contribution >= 0.6 is 39.7 Å². The zero-order chi connectivity index (χ0) is 14.2. The fourth-order valence-corrected chi connectivity index (χ4v) is 6.66. The van der Waals surface area contributed by atoms with E-state index in [2.05, 4.69) is 22.9 Å². The molecule has 2 N–H and O–H groups in total. The summed E-state index contributed by atoms with van der Waals surface area (Å²) in [5, 5.41) is 0. The van der Waals surface area contributed by atoms with Gasteiger partial charge in [0, 0.05) is 19.1 Å². The Kier molecular flexibility index (Phi) is 6.50. The van der Waals surface area contributed by atoms with Crippen molar-refractivity contribution in [2.45, 2.75) is 36.9 Å². The van der Waals surface area contributed by atoms with Crippen LogP contribution in [-0.2, 0) is 10.0 Å². The minimum atomic E-state index is -3.42. The summed E-state index contributed by atoms with van der Waals surface area (Å²) < 4.78 is 28.3. The second kappa shape index (κ2) is 7.07. The third-order valence-electron chi connectivity index (χ3n) is 3.70. The van der Waals surface area contributed by atoms with Crippen LogP contribution in [0.5, 0.6) is 0 Å². The molecule has 1 fully saturated rings. The Morgan fingerprint density at radius 3 is 2.70 bits per heavy atom. The molecule has 0 spiro atoms. The number of halogens is 2. The molecule has 20 heavy (non-hydrogen) atoms. The predicted octanol–water partition coefficient (Wildman–Crippen LogP) is 2.99. The number of thiophene rings is 1. The third-order valence-corrected chi connectivity index (χ3v) is 8.21. The molecule has 2 rings (SSSR count). The van der Waals surface area contributed by atoms with Crippen LogP contribution in [0.2, 0.25) is 0 Å². The van der Waals surface area contributed by atoms with E-state index in [-0.39, 0.29) is 18.4 Å². The minimum Gasteiger partial charge on any atom is -0.329 e. The van der Waals surface area contributed by atoms with E-state index in [1.54, 1.807) is 10.4 Å². The van der Waals surface area contributed by atoms with Crippen molar-refractivity contribution in [3.8, 4) is 0 Å². The second-order valence-corrected chi connectivity index (χ2v) is 9.55. The molecule has 0 aliphatic carbocycles. The van der Waals surface area contributed by atoms with Crippen LogP contribution in [0.15, 0.2) is 14.1 Å². The first-order chi connectivity index (χ1) is 8.87. The molecule has 2 atom stereocenters. The average molecular weight is 404 g/mol. The second-order valence-electron chi connectivity index (χ2n) is 5.06. The first-order valence-electron chi connectivity index (χ1n) is 6.35. The van der Waals surface area contributed by atoms with Crippen molar-refractivity contribution in [3.05, 3.63) is 15.4 Å². The van der Waals surface area contributed by atoms with Gasteiger partial charge in [-0.1, -0.05) is 6.92 Å². The highest BCUT2D eigenvalue weighted by atomic mass is 79.9. The molecule has 0 bridgehead atoms. The molecule has 2 unspecified atom stereocenters. The fourth-order valence-electron chi connectivity index (χ4n) is 2.53. The number of nitrogens with two attached hydrogens (primary N) is 1. The molecular weight excluding hydrogens is 384 g/mol. The van der Waals surface area contributed by atoms with E-state index in [0.717, 1.165) is 22.2 Å². The lowest BCUT2D eigenvalue weighted by molar-refractivity contribution is 0.193. The predicted molar refractivity (Wildman–Crippen MR) is 89.1 cm³/mol. The van der Waals surface area contributed by atoms with E-state index in [1.807, 2.05) is 6.92 Å². The summed E-state index contributed by atoms with van der Waals surface area (Å²) in [6.45, 7) is 4.93. The van der Waals surface area contributed by atoms with E-state index >= 15 is 0 Å². The monoisotopic (exact) mass is 402 g/mol. The molecule has 0 radical (unpaired) electrons. The van der Waals surface area contributed by atoms with Crippen molar-refractivity contribution in [1.29, 1.82) is 0 Å². The molecule has 4 nitrogen and oxygen atoms in total. The van der Waals surface area contributed by atoms with Crippen LogP contribution in [0.4, 0.5) is 0 Å². The molecule has 2 heterocycles. The van der Waals surface area contributed by atoms with Gasteiger partial charge < -0.3 is 5.73 Å². The summed E-state index contributed by atoms with van der Waals surface area (Å²) in [6.07, 6.45) is 1.95. The zero-order valence-corrected chi connectivity index (χ0v) is 15.5. The number of sulfonamides is 1. The van der Waals surface area contributed by atoms with Crippen LogP contribution < -0.4 is 5.73 Å². The van der Waals surface area contributed by atoms with Crippen LogP contribution in [0.25, 0.3) is 0 Å². The molecule has 1 aromatic heterocycles. The number of hydrogen-bond donors (Lipinski definition) is 1. The van der Waals surface area contributed by atoms with Gasteiger partial charge in [-0.3, -0.25) is 0 Å². The smallest absolute Gasteiger partial charge is 0.252 e.